The maximum absolute atomic E-state index is 13.6. The minimum atomic E-state index is -0.0834. The van der Waals surface area contributed by atoms with Gasteiger partial charge in [0.05, 0.1) is 0 Å². The Morgan fingerprint density at radius 3 is 1.14 bits per heavy atom. The van der Waals surface area contributed by atoms with E-state index in [0.29, 0.717) is 35.5 Å². The number of piperidine rings is 2. The Kier molecular flexibility index (Phi) is 17.8. The summed E-state index contributed by atoms with van der Waals surface area (Å²) in [5.74, 6) is 2.02. The van der Waals surface area contributed by atoms with Gasteiger partial charge in [0.25, 0.3) is 0 Å². The Bertz CT molecular complexity index is 2800. The summed E-state index contributed by atoms with van der Waals surface area (Å²) in [6.45, 7) is 7.70. The van der Waals surface area contributed by atoms with Crippen LogP contribution >= 0.6 is 47.5 Å². The van der Waals surface area contributed by atoms with E-state index >= 15 is 0 Å². The van der Waals surface area contributed by atoms with E-state index in [9.17, 15) is 30.0 Å². The molecule has 2 aliphatic rings. The van der Waals surface area contributed by atoms with Crippen LogP contribution in [0.3, 0.4) is 0 Å². The summed E-state index contributed by atoms with van der Waals surface area (Å²) < 4.78 is 13.5. The first-order valence-electron chi connectivity index (χ1n) is 23.3. The number of nitrogens with zero attached hydrogens (tertiary/aromatic N) is 2. The third-order valence-electron chi connectivity index (χ3n) is 12.5. The van der Waals surface area contributed by atoms with Crippen LogP contribution in [0.25, 0.3) is 41.1 Å². The molecule has 4 heterocycles. The normalized spacial score (nSPS) is 13.9. The number of fused-ring (bicyclic) bond motifs is 2. The summed E-state index contributed by atoms with van der Waals surface area (Å²) >= 11 is 2.91. The van der Waals surface area contributed by atoms with Gasteiger partial charge in [-0.2, -0.15) is 0 Å². The van der Waals surface area contributed by atoms with Crippen LogP contribution in [0.4, 0.5) is 0 Å². The van der Waals surface area contributed by atoms with Crippen LogP contribution < -0.4 is 9.47 Å². The van der Waals surface area contributed by atoms with Crippen LogP contribution in [0.2, 0.25) is 0 Å². The molecule has 10 nitrogen and oxygen atoms in total. The molecule has 0 atom stereocenters. The molecule has 2 fully saturated rings. The van der Waals surface area contributed by atoms with Crippen molar-refractivity contribution in [3.05, 3.63) is 156 Å². The molecule has 0 bridgehead atoms. The van der Waals surface area contributed by atoms with Crippen LogP contribution in [0.1, 0.15) is 70.4 Å². The van der Waals surface area contributed by atoms with Crippen molar-refractivity contribution in [1.82, 2.24) is 9.80 Å². The largest absolute Gasteiger partial charge is 0.508 e. The van der Waals surface area contributed by atoms with E-state index in [4.69, 9.17) is 9.47 Å². The molecule has 0 aliphatic carbocycles. The van der Waals surface area contributed by atoms with E-state index in [0.717, 1.165) is 91.8 Å². The zero-order valence-electron chi connectivity index (χ0n) is 38.6. The Balaban J connectivity index is 0.000000201. The Hall–Kier alpha value is -6.12. The summed E-state index contributed by atoms with van der Waals surface area (Å²) in [7, 11) is 0. The van der Waals surface area contributed by atoms with Crippen molar-refractivity contribution in [2.45, 2.75) is 38.5 Å². The highest BCUT2D eigenvalue weighted by Crippen LogP contribution is 2.43. The number of benzene rings is 6. The van der Waals surface area contributed by atoms with Crippen molar-refractivity contribution in [3.63, 3.8) is 0 Å². The number of aromatic hydroxyl groups is 4. The summed E-state index contributed by atoms with van der Waals surface area (Å²) in [5, 5.41) is 40.9. The average molecular weight is 1020 g/mol. The molecule has 2 aromatic heterocycles. The van der Waals surface area contributed by atoms with Gasteiger partial charge in [-0.25, -0.2) is 0 Å². The number of halogens is 2. The third kappa shape index (κ3) is 12.4. The molecule has 2 saturated heterocycles. The number of rotatable bonds is 14. The van der Waals surface area contributed by atoms with E-state index in [1.165, 1.54) is 61.2 Å². The number of likely N-dealkylation sites (tertiary alicyclic amines) is 2. The molecule has 364 valence electrons. The molecule has 0 radical (unpaired) electrons. The first kappa shape index (κ1) is 51.7. The first-order chi connectivity index (χ1) is 33.2. The Morgan fingerprint density at radius 2 is 0.786 bits per heavy atom. The van der Waals surface area contributed by atoms with Gasteiger partial charge in [0.15, 0.2) is 11.6 Å². The molecule has 2 aliphatic heterocycles. The molecule has 70 heavy (non-hydrogen) atoms. The van der Waals surface area contributed by atoms with Crippen molar-refractivity contribution in [2.75, 3.05) is 52.5 Å². The van der Waals surface area contributed by atoms with E-state index in [-0.39, 0.29) is 59.4 Å². The second-order valence-corrected chi connectivity index (χ2v) is 19.4. The lowest BCUT2D eigenvalue weighted by molar-refractivity contribution is 0.103. The third-order valence-corrected chi connectivity index (χ3v) is 14.9. The van der Waals surface area contributed by atoms with Gasteiger partial charge >= 0.3 is 0 Å². The molecule has 0 saturated carbocycles. The molecule has 10 rings (SSSR count). The SMILES string of the molecule is Cl.Cl.O=C(c1ccc(OCCN2CCCCC2)cc1)c1c(-c2ccc(O)cc2)sc2cc(O)ccc12.O=C(c1ccc(OCCN2CCCCC2)cc1)c1c(-c2ccc(O)cc2)sc2cc(O)ccc12. The van der Waals surface area contributed by atoms with E-state index < -0.39 is 0 Å². The summed E-state index contributed by atoms with van der Waals surface area (Å²) in [6.07, 6.45) is 7.70. The van der Waals surface area contributed by atoms with Crippen molar-refractivity contribution < 1.29 is 39.5 Å². The van der Waals surface area contributed by atoms with Crippen molar-refractivity contribution in [3.8, 4) is 55.4 Å². The molecule has 4 N–H and O–H groups in total. The van der Waals surface area contributed by atoms with E-state index in [1.807, 2.05) is 48.5 Å². The van der Waals surface area contributed by atoms with Gasteiger partial charge in [-0.05, 0) is 196 Å². The summed E-state index contributed by atoms with van der Waals surface area (Å²) in [4.78, 5) is 33.8. The fourth-order valence-corrected chi connectivity index (χ4v) is 11.4. The molecular formula is C56H56Cl2N2O8S2. The standard InChI is InChI=1S/2C28H27NO4S.2ClH/c2*30-21-8-4-20(5-9-21)28-26(24-13-10-22(31)18-25(24)34-28)27(32)19-6-11-23(12-7-19)33-17-16-29-14-2-1-3-15-29;;/h2*4-13,18,30-31H,1-3,14-17H2;2*1H. The second-order valence-electron chi connectivity index (χ2n) is 17.3. The fourth-order valence-electron chi connectivity index (χ4n) is 8.90. The van der Waals surface area contributed by atoms with Crippen LogP contribution in [-0.4, -0.2) is 94.3 Å². The Morgan fingerprint density at radius 1 is 0.443 bits per heavy atom. The summed E-state index contributed by atoms with van der Waals surface area (Å²) in [6, 6.07) is 38.4. The number of ketones is 2. The number of hydrogen-bond donors (Lipinski definition) is 4. The number of thiophene rings is 2. The molecule has 0 spiro atoms. The van der Waals surface area contributed by atoms with Crippen LogP contribution in [0, 0.1) is 0 Å². The number of hydrogen-bond acceptors (Lipinski definition) is 12. The molecule has 0 unspecified atom stereocenters. The molecule has 6 aromatic carbocycles. The summed E-state index contributed by atoms with van der Waals surface area (Å²) in [5.41, 5.74) is 4.06. The maximum Gasteiger partial charge on any atom is 0.195 e. The fraction of sp³-hybridized carbons (Fsp3) is 0.250. The van der Waals surface area contributed by atoms with Gasteiger partial charge in [0.2, 0.25) is 0 Å². The van der Waals surface area contributed by atoms with Crippen molar-refractivity contribution in [2.24, 2.45) is 0 Å². The number of phenols is 4. The van der Waals surface area contributed by atoms with Crippen molar-refractivity contribution >= 4 is 79.2 Å². The van der Waals surface area contributed by atoms with E-state index in [2.05, 4.69) is 9.80 Å². The lowest BCUT2D eigenvalue weighted by atomic mass is 9.97. The van der Waals surface area contributed by atoms with Crippen molar-refractivity contribution in [1.29, 1.82) is 0 Å². The smallest absolute Gasteiger partial charge is 0.195 e. The van der Waals surface area contributed by atoms with Gasteiger partial charge in [-0.15, -0.1) is 47.5 Å². The lowest BCUT2D eigenvalue weighted by Crippen LogP contribution is -2.33. The monoisotopic (exact) mass is 1020 g/mol. The zero-order valence-corrected chi connectivity index (χ0v) is 41.8. The molecular weight excluding hydrogens is 964 g/mol. The number of carbonyl (C=O) groups is 2. The minimum absolute atomic E-state index is 0. The molecule has 8 aromatic rings. The quantitative estimate of drug-likeness (QED) is 0.0778. The first-order valence-corrected chi connectivity index (χ1v) is 24.9. The maximum atomic E-state index is 13.6. The topological polar surface area (TPSA) is 140 Å². The number of ether oxygens (including phenoxy) is 2. The zero-order chi connectivity index (χ0) is 47.0. The predicted molar refractivity (Wildman–Crippen MR) is 287 cm³/mol. The lowest BCUT2D eigenvalue weighted by Gasteiger charge is -2.26. The highest BCUT2D eigenvalue weighted by molar-refractivity contribution is 7.23. The van der Waals surface area contributed by atoms with E-state index in [1.54, 1.807) is 84.9 Å². The molecule has 0 amide bonds. The second kappa shape index (κ2) is 24.1. The molecule has 14 heteroatoms. The highest BCUT2D eigenvalue weighted by Gasteiger charge is 2.24. The minimum Gasteiger partial charge on any atom is -0.508 e. The van der Waals surface area contributed by atoms with Crippen LogP contribution in [-0.2, 0) is 0 Å². The van der Waals surface area contributed by atoms with Gasteiger partial charge in [-0.3, -0.25) is 19.4 Å². The average Bonchev–Trinajstić information content (AvgIpc) is 3.93. The number of carbonyl (C=O) groups excluding carboxylic acids is 2. The van der Waals surface area contributed by atoms with Gasteiger partial charge in [-0.1, -0.05) is 12.8 Å². The van der Waals surface area contributed by atoms with Gasteiger partial charge in [0, 0.05) is 65.3 Å². The Labute approximate surface area is 428 Å². The van der Waals surface area contributed by atoms with Gasteiger partial charge in [0.1, 0.15) is 47.7 Å². The van der Waals surface area contributed by atoms with Crippen LogP contribution in [0.15, 0.2) is 133 Å². The predicted octanol–water partition coefficient (Wildman–Crippen LogP) is 13.0. The van der Waals surface area contributed by atoms with Crippen LogP contribution in [0.5, 0.6) is 34.5 Å². The highest BCUT2D eigenvalue weighted by atomic mass is 35.5. The van der Waals surface area contributed by atoms with Gasteiger partial charge < -0.3 is 29.9 Å². The number of phenolic OH excluding ortho intramolecular Hbond substituents is 4.